The Morgan fingerprint density at radius 3 is 2.67 bits per heavy atom. The van der Waals surface area contributed by atoms with Crippen LogP contribution < -0.4 is 16.6 Å². The van der Waals surface area contributed by atoms with E-state index < -0.39 is 0 Å². The quantitative estimate of drug-likeness (QED) is 0.266. The van der Waals surface area contributed by atoms with Gasteiger partial charge in [0.05, 0.1) is 16.9 Å². The van der Waals surface area contributed by atoms with Crippen molar-refractivity contribution >= 4 is 44.6 Å². The van der Waals surface area contributed by atoms with E-state index in [-0.39, 0.29) is 17.5 Å². The number of para-hydroxylation sites is 1. The zero-order valence-corrected chi connectivity index (χ0v) is 21.5. The Morgan fingerprint density at radius 1 is 0.925 bits per heavy atom. The summed E-state index contributed by atoms with van der Waals surface area (Å²) in [5.41, 5.74) is 11.2. The topological polar surface area (TPSA) is 127 Å². The van der Waals surface area contributed by atoms with Crippen molar-refractivity contribution in [2.45, 2.75) is 13.0 Å². The van der Waals surface area contributed by atoms with Gasteiger partial charge in [0.15, 0.2) is 5.82 Å². The smallest absolute Gasteiger partial charge is 0.263 e. The first-order chi connectivity index (χ1) is 19.6. The van der Waals surface area contributed by atoms with Crippen molar-refractivity contribution in [1.29, 1.82) is 0 Å². The predicted octanol–water partition coefficient (Wildman–Crippen LogP) is 5.63. The molecule has 0 bridgehead atoms. The molecule has 0 saturated heterocycles. The van der Waals surface area contributed by atoms with Gasteiger partial charge in [0.25, 0.3) is 5.56 Å². The molecule has 0 aliphatic heterocycles. The van der Waals surface area contributed by atoms with E-state index in [1.807, 2.05) is 79.9 Å². The maximum atomic E-state index is 14.4. The summed E-state index contributed by atoms with van der Waals surface area (Å²) >= 11 is 0. The zero-order valence-electron chi connectivity index (χ0n) is 21.5. The van der Waals surface area contributed by atoms with Gasteiger partial charge >= 0.3 is 0 Å². The molecule has 5 heterocycles. The van der Waals surface area contributed by atoms with Crippen molar-refractivity contribution in [2.75, 3.05) is 11.1 Å². The monoisotopic (exact) mass is 524 g/mol. The Kier molecular flexibility index (Phi) is 5.48. The Hall–Kier alpha value is -5.57. The first kappa shape index (κ1) is 23.5. The van der Waals surface area contributed by atoms with Crippen molar-refractivity contribution < 1.29 is 0 Å². The van der Waals surface area contributed by atoms with E-state index >= 15 is 0 Å². The summed E-state index contributed by atoms with van der Waals surface area (Å²) < 4.78 is 1.76. The van der Waals surface area contributed by atoms with E-state index in [0.717, 1.165) is 38.9 Å². The maximum Gasteiger partial charge on any atom is 0.263 e. The Balaban J connectivity index is 1.44. The molecular formula is C31H24N8O. The third kappa shape index (κ3) is 3.92. The highest BCUT2D eigenvalue weighted by molar-refractivity contribution is 5.98. The maximum absolute atomic E-state index is 14.4. The van der Waals surface area contributed by atoms with Crippen LogP contribution in [0.1, 0.15) is 18.7 Å². The molecule has 5 aromatic heterocycles. The molecule has 2 aromatic carbocycles. The van der Waals surface area contributed by atoms with Gasteiger partial charge in [0.1, 0.15) is 11.2 Å². The van der Waals surface area contributed by atoms with Gasteiger partial charge in [-0.3, -0.25) is 14.3 Å². The Labute approximate surface area is 228 Å². The minimum Gasteiger partial charge on any atom is -0.368 e. The number of aromatic nitrogens is 6. The molecule has 40 heavy (non-hydrogen) atoms. The Morgan fingerprint density at radius 2 is 1.80 bits per heavy atom. The molecule has 0 aliphatic carbocycles. The molecule has 7 aromatic rings. The molecule has 0 radical (unpaired) electrons. The molecule has 0 fully saturated rings. The summed E-state index contributed by atoms with van der Waals surface area (Å²) in [6.45, 7) is 1.99. The van der Waals surface area contributed by atoms with Gasteiger partial charge in [-0.2, -0.15) is 4.98 Å². The van der Waals surface area contributed by atoms with Gasteiger partial charge in [0.2, 0.25) is 5.95 Å². The lowest BCUT2D eigenvalue weighted by Gasteiger charge is -2.22. The largest absolute Gasteiger partial charge is 0.368 e. The normalized spacial score (nSPS) is 12.2. The number of hydrogen-bond donors (Lipinski definition) is 3. The van der Waals surface area contributed by atoms with Crippen LogP contribution in [-0.2, 0) is 0 Å². The van der Waals surface area contributed by atoms with Crippen LogP contribution in [0.3, 0.4) is 0 Å². The van der Waals surface area contributed by atoms with Gasteiger partial charge in [-0.15, -0.1) is 0 Å². The molecule has 0 aliphatic rings. The molecule has 0 spiro atoms. The molecule has 0 saturated carbocycles. The number of fused-ring (bicyclic) bond motifs is 3. The van der Waals surface area contributed by atoms with E-state index in [1.165, 1.54) is 0 Å². The number of rotatable bonds is 5. The average Bonchev–Trinajstić information content (AvgIpc) is 3.45. The second-order valence-corrected chi connectivity index (χ2v) is 9.62. The van der Waals surface area contributed by atoms with Gasteiger partial charge in [-0.1, -0.05) is 36.4 Å². The molecule has 194 valence electrons. The van der Waals surface area contributed by atoms with E-state index in [4.69, 9.17) is 5.73 Å². The van der Waals surface area contributed by atoms with E-state index in [2.05, 4.69) is 36.3 Å². The third-order valence-corrected chi connectivity index (χ3v) is 7.07. The van der Waals surface area contributed by atoms with Crippen LogP contribution in [0.4, 0.5) is 11.8 Å². The summed E-state index contributed by atoms with van der Waals surface area (Å²) in [4.78, 5) is 35.3. The third-order valence-electron chi connectivity index (χ3n) is 7.07. The van der Waals surface area contributed by atoms with Crippen LogP contribution in [0, 0.1) is 0 Å². The van der Waals surface area contributed by atoms with Crippen LogP contribution in [0.25, 0.3) is 49.7 Å². The standard InChI is InChI=1S/C31H24N8O/c1-18(36-29-27-24(11-6-13-33-27)37-31(32)38-29)25-16-19-7-5-10-23(21-15-20-12-14-34-28(20)35-17-21)26(19)30(40)39(25)22-8-3-2-4-9-22/h2-18H,1H3,(H,34,35)(H3,32,36,37,38)/t18-/m0/s1. The number of benzene rings is 2. The second kappa shape index (κ2) is 9.32. The number of nitrogen functional groups attached to an aromatic ring is 1. The Bertz CT molecular complexity index is 2100. The van der Waals surface area contributed by atoms with Crippen LogP contribution in [0.5, 0.6) is 0 Å². The average molecular weight is 525 g/mol. The lowest BCUT2D eigenvalue weighted by Crippen LogP contribution is -2.26. The summed E-state index contributed by atoms with van der Waals surface area (Å²) in [6.07, 6.45) is 5.35. The van der Waals surface area contributed by atoms with E-state index in [0.29, 0.717) is 22.2 Å². The number of hydrogen-bond acceptors (Lipinski definition) is 7. The summed E-state index contributed by atoms with van der Waals surface area (Å²) in [5.74, 6) is 0.647. The van der Waals surface area contributed by atoms with Crippen molar-refractivity contribution in [3.63, 3.8) is 0 Å². The summed E-state index contributed by atoms with van der Waals surface area (Å²) in [7, 11) is 0. The number of nitrogens with one attached hydrogen (secondary N) is 2. The zero-order chi connectivity index (χ0) is 27.2. The molecule has 0 amide bonds. The highest BCUT2D eigenvalue weighted by Crippen LogP contribution is 2.31. The fraction of sp³-hybridized carbons (Fsp3) is 0.0645. The SMILES string of the molecule is C[C@H](Nc1nc(N)nc2cccnc12)c1cc2cccc(-c3cnc4[nH]ccc4c3)c2c(=O)n1-c1ccccc1. The van der Waals surface area contributed by atoms with Gasteiger partial charge in [0, 0.05) is 40.9 Å². The van der Waals surface area contributed by atoms with E-state index in [9.17, 15) is 4.79 Å². The minimum atomic E-state index is -0.335. The number of anilines is 2. The lowest BCUT2D eigenvalue weighted by molar-refractivity contribution is 0.774. The van der Waals surface area contributed by atoms with Crippen molar-refractivity contribution in [1.82, 2.24) is 29.5 Å². The highest BCUT2D eigenvalue weighted by atomic mass is 16.1. The van der Waals surface area contributed by atoms with Gasteiger partial charge in [-0.25, -0.2) is 9.97 Å². The van der Waals surface area contributed by atoms with Crippen LogP contribution >= 0.6 is 0 Å². The van der Waals surface area contributed by atoms with Gasteiger partial charge < -0.3 is 16.0 Å². The summed E-state index contributed by atoms with van der Waals surface area (Å²) in [6, 6.07) is 24.9. The van der Waals surface area contributed by atoms with Crippen molar-refractivity contribution in [3.8, 4) is 16.8 Å². The van der Waals surface area contributed by atoms with Gasteiger partial charge in [-0.05, 0) is 60.3 Å². The molecule has 7 rings (SSSR count). The van der Waals surface area contributed by atoms with Crippen LogP contribution in [-0.4, -0.2) is 29.5 Å². The number of pyridine rings is 3. The van der Waals surface area contributed by atoms with Crippen molar-refractivity contribution in [3.05, 3.63) is 114 Å². The molecule has 1 atom stereocenters. The highest BCUT2D eigenvalue weighted by Gasteiger charge is 2.20. The van der Waals surface area contributed by atoms with Crippen LogP contribution in [0.15, 0.2) is 102 Å². The van der Waals surface area contributed by atoms with Crippen molar-refractivity contribution in [2.24, 2.45) is 0 Å². The number of nitrogens with two attached hydrogens (primary N) is 1. The molecule has 4 N–H and O–H groups in total. The number of H-pyrrole nitrogens is 1. The fourth-order valence-corrected chi connectivity index (χ4v) is 5.24. The van der Waals surface area contributed by atoms with Crippen LogP contribution in [0.2, 0.25) is 0 Å². The summed E-state index contributed by atoms with van der Waals surface area (Å²) in [5, 5.41) is 5.88. The molecular weight excluding hydrogens is 500 g/mol. The second-order valence-electron chi connectivity index (χ2n) is 9.62. The number of aromatic amines is 1. The predicted molar refractivity (Wildman–Crippen MR) is 158 cm³/mol. The minimum absolute atomic E-state index is 0.123. The molecule has 9 nitrogen and oxygen atoms in total. The fourth-order valence-electron chi connectivity index (χ4n) is 5.24. The molecule has 0 unspecified atom stereocenters. The first-order valence-corrected chi connectivity index (χ1v) is 12.9. The van der Waals surface area contributed by atoms with E-state index in [1.54, 1.807) is 23.0 Å². The number of nitrogens with zero attached hydrogens (tertiary/aromatic N) is 5. The molecule has 9 heteroatoms. The first-order valence-electron chi connectivity index (χ1n) is 12.9. The lowest BCUT2D eigenvalue weighted by atomic mass is 9.98.